The first-order valence-corrected chi connectivity index (χ1v) is 11.9. The van der Waals surface area contributed by atoms with E-state index in [1.54, 1.807) is 18.0 Å². The van der Waals surface area contributed by atoms with Crippen molar-refractivity contribution in [1.29, 1.82) is 0 Å². The molecule has 1 rings (SSSR count). The second-order valence-corrected chi connectivity index (χ2v) is 9.02. The second-order valence-electron chi connectivity index (χ2n) is 9.02. The number of aliphatic carboxylic acids is 1. The van der Waals surface area contributed by atoms with Crippen LogP contribution in [0.1, 0.15) is 80.6 Å². The number of likely N-dealkylation sites (tertiary alicyclic amines) is 1. The molecule has 1 fully saturated rings. The Morgan fingerprint density at radius 3 is 2.29 bits per heavy atom. The first-order chi connectivity index (χ1) is 14.5. The molecule has 1 aliphatic rings. The summed E-state index contributed by atoms with van der Waals surface area (Å²) in [4.78, 5) is 28.0. The van der Waals surface area contributed by atoms with E-state index in [4.69, 9.17) is 5.11 Å². The summed E-state index contributed by atoms with van der Waals surface area (Å²) in [7, 11) is 1.71. The third-order valence-corrected chi connectivity index (χ3v) is 5.76. The minimum absolute atomic E-state index is 0.0449. The summed E-state index contributed by atoms with van der Waals surface area (Å²) in [6, 6.07) is 0.359. The summed E-state index contributed by atoms with van der Waals surface area (Å²) in [5.74, 6) is -0.913. The third-order valence-electron chi connectivity index (χ3n) is 5.76. The molecule has 0 aromatic carbocycles. The van der Waals surface area contributed by atoms with Crippen LogP contribution in [0.3, 0.4) is 0 Å². The molecule has 0 aromatic heterocycles. The van der Waals surface area contributed by atoms with E-state index >= 15 is 0 Å². The molecular weight excluding hydrogens is 390 g/mol. The molecule has 6 heteroatoms. The number of likely N-dealkylation sites (N-methyl/N-ethyl adjacent to an activating group) is 1. The van der Waals surface area contributed by atoms with E-state index in [0.717, 1.165) is 25.1 Å². The molecule has 0 radical (unpaired) electrons. The van der Waals surface area contributed by atoms with Crippen LogP contribution in [0, 0.1) is 5.92 Å². The van der Waals surface area contributed by atoms with Gasteiger partial charge in [0, 0.05) is 36.9 Å². The van der Waals surface area contributed by atoms with Crippen LogP contribution in [0.2, 0.25) is 0 Å². The van der Waals surface area contributed by atoms with Gasteiger partial charge in [0.1, 0.15) is 6.04 Å². The number of carbonyl (C=O) groups excluding carboxylic acids is 1. The zero-order valence-corrected chi connectivity index (χ0v) is 21.2. The number of rotatable bonds is 10. The Morgan fingerprint density at radius 2 is 1.81 bits per heavy atom. The van der Waals surface area contributed by atoms with Crippen molar-refractivity contribution in [3.8, 4) is 0 Å². The smallest absolute Gasteiger partial charge is 0.331 e. The fraction of sp³-hybridized carbons (Fsp3) is 0.760. The maximum absolute atomic E-state index is 13.0. The van der Waals surface area contributed by atoms with E-state index in [-0.39, 0.29) is 36.0 Å². The Hall–Kier alpha value is -1.82. The average Bonchev–Trinajstić information content (AvgIpc) is 2.74. The van der Waals surface area contributed by atoms with Crippen LogP contribution < -0.4 is 5.32 Å². The topological polar surface area (TPSA) is 72.9 Å². The van der Waals surface area contributed by atoms with Gasteiger partial charge in [-0.25, -0.2) is 4.79 Å². The third kappa shape index (κ3) is 9.90. The van der Waals surface area contributed by atoms with E-state index in [2.05, 4.69) is 44.5 Å². The van der Waals surface area contributed by atoms with Crippen LogP contribution >= 0.6 is 0 Å². The molecule has 0 bridgehead atoms. The fourth-order valence-electron chi connectivity index (χ4n) is 3.59. The van der Waals surface area contributed by atoms with Gasteiger partial charge in [-0.1, -0.05) is 60.1 Å². The van der Waals surface area contributed by atoms with E-state index in [1.807, 2.05) is 13.8 Å². The molecule has 180 valence electrons. The Labute approximate surface area is 190 Å². The molecule has 1 amide bonds. The number of hydrogen-bond acceptors (Lipinski definition) is 4. The minimum atomic E-state index is -0.963. The average molecular weight is 438 g/mol. The summed E-state index contributed by atoms with van der Waals surface area (Å²) in [5.41, 5.74) is 1.15. The van der Waals surface area contributed by atoms with E-state index < -0.39 is 5.97 Å². The summed E-state index contributed by atoms with van der Waals surface area (Å²) in [6.07, 6.45) is 7.36. The molecule has 0 aliphatic carbocycles. The van der Waals surface area contributed by atoms with Crippen LogP contribution in [-0.4, -0.2) is 65.0 Å². The van der Waals surface area contributed by atoms with E-state index in [1.165, 1.54) is 26.2 Å². The number of nitrogens with zero attached hydrogens (tertiary/aromatic N) is 2. The first kappa shape index (κ1) is 29.2. The Kier molecular flexibility index (Phi) is 14.2. The lowest BCUT2D eigenvalue weighted by atomic mass is 9.95. The number of hydrogen-bond donors (Lipinski definition) is 2. The van der Waals surface area contributed by atoms with Crippen LogP contribution in [-0.2, 0) is 9.59 Å². The number of carboxylic acids is 1. The molecule has 1 heterocycles. The Morgan fingerprint density at radius 1 is 1.23 bits per heavy atom. The predicted octanol–water partition coefficient (Wildman–Crippen LogP) is 4.67. The van der Waals surface area contributed by atoms with Gasteiger partial charge in [0.2, 0.25) is 5.91 Å². The normalized spacial score (nSPS) is 19.1. The van der Waals surface area contributed by atoms with Gasteiger partial charge in [-0.05, 0) is 45.6 Å². The van der Waals surface area contributed by atoms with Crippen LogP contribution in [0.4, 0.5) is 0 Å². The predicted molar refractivity (Wildman–Crippen MR) is 130 cm³/mol. The standard InChI is InChI=1S/C22H39N3O3.C3H8/c1-8-17(5)25-13-10-9-11-19(25)18(6)23-20(15(2)3)21(26)24(7)14-12-16(4)22(27)28;1-3-2/h12,15,17,19-20,23H,6,8-11,13-14H2,1-5,7H3,(H,27,28);3H2,1-2H3/b16-12+;. The molecule has 1 aliphatic heterocycles. The quantitative estimate of drug-likeness (QED) is 0.486. The molecule has 0 saturated carbocycles. The number of carboxylic acid groups (broad SMARTS) is 1. The van der Waals surface area contributed by atoms with Gasteiger partial charge in [0.05, 0.1) is 0 Å². The Bertz CT molecular complexity index is 601. The van der Waals surface area contributed by atoms with Crippen molar-refractivity contribution in [2.75, 3.05) is 20.1 Å². The SMILES string of the molecule is C=C(NC(C(=O)N(C)C/C=C(\C)C(=O)O)C(C)C)C1CCCCN1C(C)CC.CCC. The van der Waals surface area contributed by atoms with Gasteiger partial charge in [-0.2, -0.15) is 0 Å². The van der Waals surface area contributed by atoms with Crippen LogP contribution in [0.25, 0.3) is 0 Å². The van der Waals surface area contributed by atoms with E-state index in [0.29, 0.717) is 6.04 Å². The lowest BCUT2D eigenvalue weighted by Crippen LogP contribution is -2.53. The highest BCUT2D eigenvalue weighted by atomic mass is 16.4. The van der Waals surface area contributed by atoms with Gasteiger partial charge in [0.15, 0.2) is 0 Å². The molecular formula is C25H47N3O3. The van der Waals surface area contributed by atoms with Crippen molar-refractivity contribution in [1.82, 2.24) is 15.1 Å². The first-order valence-electron chi connectivity index (χ1n) is 11.9. The lowest BCUT2D eigenvalue weighted by Gasteiger charge is -2.42. The summed E-state index contributed by atoms with van der Waals surface area (Å²) < 4.78 is 0. The lowest BCUT2D eigenvalue weighted by molar-refractivity contribution is -0.134. The van der Waals surface area contributed by atoms with Crippen LogP contribution in [0.15, 0.2) is 23.9 Å². The summed E-state index contributed by atoms with van der Waals surface area (Å²) in [6.45, 7) is 19.9. The molecule has 3 atom stereocenters. The van der Waals surface area contributed by atoms with Crippen molar-refractivity contribution >= 4 is 11.9 Å². The molecule has 0 aromatic rings. The van der Waals surface area contributed by atoms with Crippen molar-refractivity contribution in [3.63, 3.8) is 0 Å². The largest absolute Gasteiger partial charge is 0.478 e. The molecule has 0 spiro atoms. The van der Waals surface area contributed by atoms with Gasteiger partial charge in [-0.15, -0.1) is 0 Å². The maximum atomic E-state index is 13.0. The van der Waals surface area contributed by atoms with Crippen molar-refractivity contribution in [2.45, 2.75) is 98.7 Å². The summed E-state index contributed by atoms with van der Waals surface area (Å²) >= 11 is 0. The number of amides is 1. The molecule has 3 unspecified atom stereocenters. The molecule has 6 nitrogen and oxygen atoms in total. The van der Waals surface area contributed by atoms with E-state index in [9.17, 15) is 9.59 Å². The number of carbonyl (C=O) groups is 2. The van der Waals surface area contributed by atoms with Crippen molar-refractivity contribution in [2.24, 2.45) is 5.92 Å². The zero-order chi connectivity index (χ0) is 24.1. The highest BCUT2D eigenvalue weighted by Crippen LogP contribution is 2.25. The van der Waals surface area contributed by atoms with Crippen molar-refractivity contribution < 1.29 is 14.7 Å². The highest BCUT2D eigenvalue weighted by molar-refractivity contribution is 5.86. The number of piperidine rings is 1. The maximum Gasteiger partial charge on any atom is 0.331 e. The zero-order valence-electron chi connectivity index (χ0n) is 21.2. The molecule has 31 heavy (non-hydrogen) atoms. The van der Waals surface area contributed by atoms with Gasteiger partial charge < -0.3 is 15.3 Å². The molecule has 2 N–H and O–H groups in total. The van der Waals surface area contributed by atoms with Gasteiger partial charge in [0.25, 0.3) is 0 Å². The van der Waals surface area contributed by atoms with Gasteiger partial charge in [-0.3, -0.25) is 9.69 Å². The molecule has 1 saturated heterocycles. The Balaban J connectivity index is 0.00000282. The second kappa shape index (κ2) is 15.1. The van der Waals surface area contributed by atoms with Crippen molar-refractivity contribution in [3.05, 3.63) is 23.9 Å². The van der Waals surface area contributed by atoms with Gasteiger partial charge >= 0.3 is 5.97 Å². The highest BCUT2D eigenvalue weighted by Gasteiger charge is 2.31. The monoisotopic (exact) mass is 437 g/mol. The number of nitrogens with one attached hydrogen (secondary N) is 1. The summed E-state index contributed by atoms with van der Waals surface area (Å²) in [5, 5.41) is 12.4. The van der Waals surface area contributed by atoms with Crippen LogP contribution in [0.5, 0.6) is 0 Å². The minimum Gasteiger partial charge on any atom is -0.478 e. The fourth-order valence-corrected chi connectivity index (χ4v) is 3.59.